The van der Waals surface area contributed by atoms with E-state index in [-0.39, 0.29) is 33.8 Å². The molecular weight excluding hydrogens is 282 g/mol. The zero-order valence-electron chi connectivity index (χ0n) is 11.7. The molecule has 0 saturated carbocycles. The molecule has 1 amide bonds. The van der Waals surface area contributed by atoms with Gasteiger partial charge in [0.25, 0.3) is 11.6 Å². The molecule has 0 saturated heterocycles. The monoisotopic (exact) mass is 299 g/mol. The van der Waals surface area contributed by atoms with Crippen LogP contribution in [-0.2, 0) is 0 Å². The highest BCUT2D eigenvalue weighted by Crippen LogP contribution is 2.29. The van der Waals surface area contributed by atoms with Gasteiger partial charge < -0.3 is 10.6 Å². The van der Waals surface area contributed by atoms with Crippen molar-refractivity contribution in [1.82, 2.24) is 4.90 Å². The van der Waals surface area contributed by atoms with Gasteiger partial charge in [-0.25, -0.2) is 0 Å². The molecule has 0 aliphatic rings. The normalized spacial score (nSPS) is 10.7. The molecule has 1 rings (SSSR count). The van der Waals surface area contributed by atoms with Crippen molar-refractivity contribution in [2.75, 3.05) is 18.8 Å². The molecule has 0 bridgehead atoms. The molecule has 0 heterocycles. The number of halogens is 1. The molecule has 0 aliphatic heterocycles. The first-order valence-electron chi connectivity index (χ1n) is 6.30. The molecule has 110 valence electrons. The second-order valence-corrected chi connectivity index (χ2v) is 5.29. The van der Waals surface area contributed by atoms with Crippen LogP contribution in [0.4, 0.5) is 11.4 Å². The van der Waals surface area contributed by atoms with Gasteiger partial charge in [0.2, 0.25) is 0 Å². The molecule has 0 atom stereocenters. The molecule has 1 aromatic rings. The maximum atomic E-state index is 12.4. The van der Waals surface area contributed by atoms with Gasteiger partial charge in [-0.1, -0.05) is 25.4 Å². The SMILES string of the molecule is CCN(CC(C)C)C(=O)c1cc([N+](=O)[O-])cc(Cl)c1N. The number of non-ortho nitro benzene ring substituents is 1. The first-order chi connectivity index (χ1) is 9.27. The third-order valence-electron chi connectivity index (χ3n) is 2.81. The Morgan fingerprint density at radius 2 is 2.10 bits per heavy atom. The molecule has 7 heteroatoms. The van der Waals surface area contributed by atoms with Gasteiger partial charge >= 0.3 is 0 Å². The minimum atomic E-state index is -0.596. The fourth-order valence-corrected chi connectivity index (χ4v) is 2.07. The molecule has 0 fully saturated rings. The summed E-state index contributed by atoms with van der Waals surface area (Å²) in [7, 11) is 0. The smallest absolute Gasteiger partial charge is 0.271 e. The third kappa shape index (κ3) is 3.60. The number of nitrogens with zero attached hydrogens (tertiary/aromatic N) is 2. The number of nitrogens with two attached hydrogens (primary N) is 1. The quantitative estimate of drug-likeness (QED) is 0.514. The fourth-order valence-electron chi connectivity index (χ4n) is 1.85. The molecule has 0 unspecified atom stereocenters. The fraction of sp³-hybridized carbons (Fsp3) is 0.462. The number of benzene rings is 1. The van der Waals surface area contributed by atoms with Crippen LogP contribution in [0.2, 0.25) is 5.02 Å². The molecule has 6 nitrogen and oxygen atoms in total. The average Bonchev–Trinajstić information content (AvgIpc) is 2.37. The van der Waals surface area contributed by atoms with E-state index in [0.29, 0.717) is 13.1 Å². The largest absolute Gasteiger partial charge is 0.397 e. The van der Waals surface area contributed by atoms with E-state index in [4.69, 9.17) is 17.3 Å². The van der Waals surface area contributed by atoms with E-state index >= 15 is 0 Å². The number of nitro benzene ring substituents is 1. The lowest BCUT2D eigenvalue weighted by atomic mass is 10.1. The van der Waals surface area contributed by atoms with Crippen LogP contribution in [0.1, 0.15) is 31.1 Å². The molecular formula is C13H18ClN3O3. The number of anilines is 1. The van der Waals surface area contributed by atoms with Gasteiger partial charge in [-0.3, -0.25) is 14.9 Å². The summed E-state index contributed by atoms with van der Waals surface area (Å²) in [5, 5.41) is 10.9. The third-order valence-corrected chi connectivity index (χ3v) is 3.12. The number of hydrogen-bond donors (Lipinski definition) is 1. The van der Waals surface area contributed by atoms with Gasteiger partial charge in [-0.15, -0.1) is 0 Å². The summed E-state index contributed by atoms with van der Waals surface area (Å²) in [4.78, 5) is 24.3. The van der Waals surface area contributed by atoms with Crippen LogP contribution in [0.5, 0.6) is 0 Å². The molecule has 0 spiro atoms. The van der Waals surface area contributed by atoms with Crippen LogP contribution in [0, 0.1) is 16.0 Å². The molecule has 0 radical (unpaired) electrons. The highest BCUT2D eigenvalue weighted by atomic mass is 35.5. The van der Waals surface area contributed by atoms with Crippen molar-refractivity contribution in [1.29, 1.82) is 0 Å². The zero-order chi connectivity index (χ0) is 15.4. The zero-order valence-corrected chi connectivity index (χ0v) is 12.5. The van der Waals surface area contributed by atoms with Gasteiger partial charge in [-0.2, -0.15) is 0 Å². The van der Waals surface area contributed by atoms with Crippen LogP contribution < -0.4 is 5.73 Å². The van der Waals surface area contributed by atoms with Gasteiger partial charge in [0.05, 0.1) is 21.2 Å². The van der Waals surface area contributed by atoms with Crippen LogP contribution in [0.15, 0.2) is 12.1 Å². The summed E-state index contributed by atoms with van der Waals surface area (Å²) in [6.07, 6.45) is 0. The summed E-state index contributed by atoms with van der Waals surface area (Å²) >= 11 is 5.86. The van der Waals surface area contributed by atoms with E-state index in [2.05, 4.69) is 0 Å². The Balaban J connectivity index is 3.23. The van der Waals surface area contributed by atoms with E-state index in [9.17, 15) is 14.9 Å². The number of hydrogen-bond acceptors (Lipinski definition) is 4. The van der Waals surface area contributed by atoms with Crippen molar-refractivity contribution in [2.45, 2.75) is 20.8 Å². The number of carbonyl (C=O) groups is 1. The number of carbonyl (C=O) groups excluding carboxylic acids is 1. The lowest BCUT2D eigenvalue weighted by Gasteiger charge is -2.23. The number of amides is 1. The van der Waals surface area contributed by atoms with E-state index in [0.717, 1.165) is 6.07 Å². The molecule has 0 aromatic heterocycles. The number of rotatable bonds is 5. The van der Waals surface area contributed by atoms with E-state index < -0.39 is 4.92 Å². The maximum Gasteiger partial charge on any atom is 0.271 e. The van der Waals surface area contributed by atoms with Gasteiger partial charge in [0.15, 0.2) is 0 Å². The molecule has 1 aromatic carbocycles. The minimum absolute atomic E-state index is 0.0168. The first kappa shape index (κ1) is 16.2. The predicted molar refractivity (Wildman–Crippen MR) is 78.9 cm³/mol. The topological polar surface area (TPSA) is 89.5 Å². The van der Waals surface area contributed by atoms with Gasteiger partial charge in [0, 0.05) is 25.2 Å². The number of nitro groups is 1. The summed E-state index contributed by atoms with van der Waals surface area (Å²) in [6, 6.07) is 2.32. The van der Waals surface area contributed by atoms with Crippen molar-refractivity contribution >= 4 is 28.9 Å². The second kappa shape index (κ2) is 6.56. The highest BCUT2D eigenvalue weighted by molar-refractivity contribution is 6.34. The summed E-state index contributed by atoms with van der Waals surface area (Å²) in [5.41, 5.74) is 5.68. The summed E-state index contributed by atoms with van der Waals surface area (Å²) in [6.45, 7) is 6.86. The van der Waals surface area contributed by atoms with Crippen molar-refractivity contribution in [3.8, 4) is 0 Å². The molecule has 20 heavy (non-hydrogen) atoms. The average molecular weight is 300 g/mol. The van der Waals surface area contributed by atoms with Crippen molar-refractivity contribution in [3.63, 3.8) is 0 Å². The van der Waals surface area contributed by atoms with Gasteiger partial charge in [0.1, 0.15) is 0 Å². The van der Waals surface area contributed by atoms with Crippen molar-refractivity contribution in [2.24, 2.45) is 5.92 Å². The van der Waals surface area contributed by atoms with E-state index in [1.807, 2.05) is 20.8 Å². The lowest BCUT2D eigenvalue weighted by molar-refractivity contribution is -0.384. The van der Waals surface area contributed by atoms with Crippen LogP contribution in [0.25, 0.3) is 0 Å². The Morgan fingerprint density at radius 3 is 2.55 bits per heavy atom. The Labute approximate surface area is 122 Å². The highest BCUT2D eigenvalue weighted by Gasteiger charge is 2.22. The molecule has 0 aliphatic carbocycles. The van der Waals surface area contributed by atoms with Crippen LogP contribution in [-0.4, -0.2) is 28.8 Å². The summed E-state index contributed by atoms with van der Waals surface area (Å²) in [5.74, 6) is -0.0569. The van der Waals surface area contributed by atoms with E-state index in [1.165, 1.54) is 6.07 Å². The predicted octanol–water partition coefficient (Wildman–Crippen LogP) is 2.95. The van der Waals surface area contributed by atoms with E-state index in [1.54, 1.807) is 4.90 Å². The van der Waals surface area contributed by atoms with Crippen molar-refractivity contribution in [3.05, 3.63) is 32.8 Å². The first-order valence-corrected chi connectivity index (χ1v) is 6.68. The van der Waals surface area contributed by atoms with Crippen molar-refractivity contribution < 1.29 is 9.72 Å². The van der Waals surface area contributed by atoms with Gasteiger partial charge in [-0.05, 0) is 12.8 Å². The Bertz CT molecular complexity index is 532. The summed E-state index contributed by atoms with van der Waals surface area (Å²) < 4.78 is 0. The minimum Gasteiger partial charge on any atom is -0.397 e. The Hall–Kier alpha value is -1.82. The number of nitrogen functional groups attached to an aromatic ring is 1. The lowest BCUT2D eigenvalue weighted by Crippen LogP contribution is -2.34. The Morgan fingerprint density at radius 1 is 1.50 bits per heavy atom. The maximum absolute atomic E-state index is 12.4. The van der Waals surface area contributed by atoms with Crippen LogP contribution in [0.3, 0.4) is 0 Å². The second-order valence-electron chi connectivity index (χ2n) is 4.88. The Kier molecular flexibility index (Phi) is 5.33. The van der Waals surface area contributed by atoms with Crippen LogP contribution >= 0.6 is 11.6 Å². The standard InChI is InChI=1S/C13H18ClN3O3/c1-4-16(7-8(2)3)13(18)10-5-9(17(19)20)6-11(14)12(10)15/h5-6,8H,4,7,15H2,1-3H3. The molecule has 2 N–H and O–H groups in total.